The van der Waals surface area contributed by atoms with Crippen LogP contribution >= 0.6 is 0 Å². The Balaban J connectivity index is 2.40. The van der Waals surface area contributed by atoms with Gasteiger partial charge in [-0.15, -0.1) is 0 Å². The van der Waals surface area contributed by atoms with Crippen molar-refractivity contribution < 1.29 is 0 Å². The first-order valence-electron chi connectivity index (χ1n) is 6.86. The van der Waals surface area contributed by atoms with Gasteiger partial charge in [0.1, 0.15) is 0 Å². The molecule has 0 aromatic rings. The van der Waals surface area contributed by atoms with Crippen LogP contribution < -0.4 is 5.32 Å². The Kier molecular flexibility index (Phi) is 5.84. The van der Waals surface area contributed by atoms with Crippen LogP contribution in [-0.4, -0.2) is 12.1 Å². The first-order valence-corrected chi connectivity index (χ1v) is 6.86. The molecule has 0 saturated heterocycles. The van der Waals surface area contributed by atoms with Gasteiger partial charge in [-0.05, 0) is 31.6 Å². The molecule has 1 rings (SSSR count). The van der Waals surface area contributed by atoms with E-state index < -0.39 is 0 Å². The van der Waals surface area contributed by atoms with Crippen molar-refractivity contribution in [2.24, 2.45) is 11.8 Å². The van der Waals surface area contributed by atoms with Crippen molar-refractivity contribution in [3.63, 3.8) is 0 Å². The third-order valence-corrected chi connectivity index (χ3v) is 4.01. The van der Waals surface area contributed by atoms with E-state index in [1.54, 1.807) is 0 Å². The van der Waals surface area contributed by atoms with Crippen LogP contribution in [0.1, 0.15) is 59.3 Å². The minimum Gasteiger partial charge on any atom is -0.310 e. The summed E-state index contributed by atoms with van der Waals surface area (Å²) < 4.78 is 0. The summed E-state index contributed by atoms with van der Waals surface area (Å²) in [5.41, 5.74) is 0. The van der Waals surface area contributed by atoms with Gasteiger partial charge < -0.3 is 5.32 Å². The molecule has 0 aromatic carbocycles. The molecule has 92 valence electrons. The number of nitriles is 1. The minimum atomic E-state index is 0.256. The van der Waals surface area contributed by atoms with Crippen LogP contribution in [0.5, 0.6) is 0 Å². The Morgan fingerprint density at radius 3 is 2.62 bits per heavy atom. The molecular weight excluding hydrogens is 196 g/mol. The maximum absolute atomic E-state index is 9.06. The zero-order valence-corrected chi connectivity index (χ0v) is 11.0. The van der Waals surface area contributed by atoms with Crippen molar-refractivity contribution in [2.45, 2.75) is 71.4 Å². The highest BCUT2D eigenvalue weighted by molar-refractivity contribution is 4.97. The summed E-state index contributed by atoms with van der Waals surface area (Å²) in [6.07, 6.45) is 7.18. The largest absolute Gasteiger partial charge is 0.310 e. The van der Waals surface area contributed by atoms with E-state index in [9.17, 15) is 0 Å². The van der Waals surface area contributed by atoms with Gasteiger partial charge in [0.05, 0.1) is 12.0 Å². The first kappa shape index (κ1) is 13.5. The Bertz CT molecular complexity index is 231. The van der Waals surface area contributed by atoms with Crippen LogP contribution in [-0.2, 0) is 0 Å². The normalized spacial score (nSPS) is 28.6. The van der Waals surface area contributed by atoms with E-state index in [-0.39, 0.29) is 5.92 Å². The number of nitrogens with zero attached hydrogens (tertiary/aromatic N) is 1. The molecule has 1 saturated carbocycles. The molecule has 2 heteroatoms. The Morgan fingerprint density at radius 2 is 2.06 bits per heavy atom. The van der Waals surface area contributed by atoms with E-state index in [1.165, 1.54) is 32.1 Å². The van der Waals surface area contributed by atoms with Gasteiger partial charge in [-0.2, -0.15) is 5.26 Å². The smallest absolute Gasteiger partial charge is 0.0672 e. The van der Waals surface area contributed by atoms with Gasteiger partial charge in [0.25, 0.3) is 0 Å². The fourth-order valence-electron chi connectivity index (χ4n) is 2.62. The van der Waals surface area contributed by atoms with E-state index in [4.69, 9.17) is 5.26 Å². The van der Waals surface area contributed by atoms with Crippen LogP contribution in [0, 0.1) is 23.2 Å². The molecule has 0 amide bonds. The van der Waals surface area contributed by atoms with Gasteiger partial charge in [-0.1, -0.05) is 33.6 Å². The molecular formula is C14H26N2. The summed E-state index contributed by atoms with van der Waals surface area (Å²) in [7, 11) is 0. The highest BCUT2D eigenvalue weighted by Gasteiger charge is 2.28. The lowest BCUT2D eigenvalue weighted by atomic mass is 9.96. The van der Waals surface area contributed by atoms with Gasteiger partial charge in [0.15, 0.2) is 0 Å². The van der Waals surface area contributed by atoms with Crippen molar-refractivity contribution in [3.8, 4) is 6.07 Å². The van der Waals surface area contributed by atoms with Crippen LogP contribution in [0.2, 0.25) is 0 Å². The van der Waals surface area contributed by atoms with Gasteiger partial charge in [0.2, 0.25) is 0 Å². The van der Waals surface area contributed by atoms with Crippen molar-refractivity contribution in [1.82, 2.24) is 5.32 Å². The molecule has 16 heavy (non-hydrogen) atoms. The van der Waals surface area contributed by atoms with Crippen molar-refractivity contribution in [3.05, 3.63) is 0 Å². The molecule has 0 bridgehead atoms. The third kappa shape index (κ3) is 3.79. The fourth-order valence-corrected chi connectivity index (χ4v) is 2.62. The minimum absolute atomic E-state index is 0.256. The maximum Gasteiger partial charge on any atom is 0.0672 e. The van der Waals surface area contributed by atoms with E-state index in [0.717, 1.165) is 12.3 Å². The zero-order chi connectivity index (χ0) is 12.0. The average Bonchev–Trinajstić information content (AvgIpc) is 2.75. The number of rotatable bonds is 6. The number of hydrogen-bond donors (Lipinski definition) is 1. The van der Waals surface area contributed by atoms with Crippen molar-refractivity contribution in [2.75, 3.05) is 0 Å². The van der Waals surface area contributed by atoms with Gasteiger partial charge in [-0.3, -0.25) is 0 Å². The third-order valence-electron chi connectivity index (χ3n) is 4.01. The van der Waals surface area contributed by atoms with Crippen molar-refractivity contribution >= 4 is 0 Å². The summed E-state index contributed by atoms with van der Waals surface area (Å²) in [5.74, 6) is 1.05. The summed E-state index contributed by atoms with van der Waals surface area (Å²) in [6.45, 7) is 6.82. The standard InChI is InChI=1S/C14H26N2/c1-4-11(3)9-13(5-2)16-14-8-6-7-12(14)10-15/h11-14,16H,4-9H2,1-3H3. The predicted octanol–water partition coefficient (Wildman–Crippen LogP) is 3.48. The van der Waals surface area contributed by atoms with Crippen LogP contribution in [0.3, 0.4) is 0 Å². The zero-order valence-electron chi connectivity index (χ0n) is 11.0. The van der Waals surface area contributed by atoms with E-state index in [0.29, 0.717) is 12.1 Å². The average molecular weight is 222 g/mol. The molecule has 1 aliphatic rings. The molecule has 1 aliphatic carbocycles. The van der Waals surface area contributed by atoms with Crippen molar-refractivity contribution in [1.29, 1.82) is 5.26 Å². The molecule has 0 heterocycles. The summed E-state index contributed by atoms with van der Waals surface area (Å²) >= 11 is 0. The highest BCUT2D eigenvalue weighted by Crippen LogP contribution is 2.26. The second-order valence-electron chi connectivity index (χ2n) is 5.29. The van der Waals surface area contributed by atoms with Gasteiger partial charge >= 0.3 is 0 Å². The summed E-state index contributed by atoms with van der Waals surface area (Å²) in [5, 5.41) is 12.8. The molecule has 4 atom stereocenters. The lowest BCUT2D eigenvalue weighted by Gasteiger charge is -2.25. The first-order chi connectivity index (χ1) is 7.71. The quantitative estimate of drug-likeness (QED) is 0.747. The lowest BCUT2D eigenvalue weighted by molar-refractivity contribution is 0.331. The topological polar surface area (TPSA) is 35.8 Å². The SMILES string of the molecule is CCC(C)CC(CC)NC1CCCC1C#N. The van der Waals surface area contributed by atoms with E-state index in [2.05, 4.69) is 32.2 Å². The summed E-state index contributed by atoms with van der Waals surface area (Å²) in [4.78, 5) is 0. The van der Waals surface area contributed by atoms with Gasteiger partial charge in [0, 0.05) is 12.1 Å². The van der Waals surface area contributed by atoms with Gasteiger partial charge in [-0.25, -0.2) is 0 Å². The Labute approximate surface area is 100 Å². The number of nitrogens with one attached hydrogen (secondary N) is 1. The van der Waals surface area contributed by atoms with E-state index >= 15 is 0 Å². The van der Waals surface area contributed by atoms with Crippen LogP contribution in [0.4, 0.5) is 0 Å². The van der Waals surface area contributed by atoms with Crippen LogP contribution in [0.15, 0.2) is 0 Å². The molecule has 0 aliphatic heterocycles. The molecule has 0 radical (unpaired) electrons. The second-order valence-corrected chi connectivity index (χ2v) is 5.29. The number of hydrogen-bond acceptors (Lipinski definition) is 2. The Morgan fingerprint density at radius 1 is 1.31 bits per heavy atom. The lowest BCUT2D eigenvalue weighted by Crippen LogP contribution is -2.40. The molecule has 2 nitrogen and oxygen atoms in total. The molecule has 1 N–H and O–H groups in total. The van der Waals surface area contributed by atoms with E-state index in [1.807, 2.05) is 0 Å². The molecule has 4 unspecified atom stereocenters. The summed E-state index contributed by atoms with van der Waals surface area (Å²) in [6, 6.07) is 3.51. The highest BCUT2D eigenvalue weighted by atomic mass is 15.0. The second kappa shape index (κ2) is 6.91. The predicted molar refractivity (Wildman–Crippen MR) is 68.0 cm³/mol. The molecule has 1 fully saturated rings. The Hall–Kier alpha value is -0.550. The van der Waals surface area contributed by atoms with Crippen LogP contribution in [0.25, 0.3) is 0 Å². The monoisotopic (exact) mass is 222 g/mol. The fraction of sp³-hybridized carbons (Fsp3) is 0.929. The molecule has 0 spiro atoms. The maximum atomic E-state index is 9.06. The molecule has 0 aromatic heterocycles.